The molecule has 0 fully saturated rings. The zero-order valence-corrected chi connectivity index (χ0v) is 16.6. The van der Waals surface area contributed by atoms with Crippen LogP contribution in [-0.2, 0) is 9.84 Å². The Bertz CT molecular complexity index is 1130. The lowest BCUT2D eigenvalue weighted by molar-refractivity contribution is 0.0937. The lowest BCUT2D eigenvalue weighted by atomic mass is 10.2. The summed E-state index contributed by atoms with van der Waals surface area (Å²) in [4.78, 5) is 21.0. The molecule has 1 atom stereocenters. The van der Waals surface area contributed by atoms with Crippen LogP contribution in [0.4, 0.5) is 5.69 Å². The summed E-state index contributed by atoms with van der Waals surface area (Å²) in [6, 6.07) is 6.77. The molecule has 2 heterocycles. The number of sulfone groups is 1. The van der Waals surface area contributed by atoms with Gasteiger partial charge in [0.25, 0.3) is 5.91 Å². The zero-order valence-electron chi connectivity index (χ0n) is 15.0. The van der Waals surface area contributed by atoms with E-state index in [9.17, 15) is 13.2 Å². The molecule has 146 valence electrons. The van der Waals surface area contributed by atoms with Gasteiger partial charge in [0.2, 0.25) is 0 Å². The molecule has 2 aromatic heterocycles. The Balaban J connectivity index is 1.86. The summed E-state index contributed by atoms with van der Waals surface area (Å²) in [5.41, 5.74) is 6.28. The number of nitrogen functional groups attached to an aromatic ring is 1. The van der Waals surface area contributed by atoms with Gasteiger partial charge in [0.1, 0.15) is 6.33 Å². The third-order valence-corrected chi connectivity index (χ3v) is 5.17. The Morgan fingerprint density at radius 3 is 2.64 bits per heavy atom. The minimum atomic E-state index is -3.51. The van der Waals surface area contributed by atoms with Crippen molar-refractivity contribution in [2.24, 2.45) is 0 Å². The van der Waals surface area contributed by atoms with Crippen LogP contribution < -0.4 is 11.1 Å². The van der Waals surface area contributed by atoms with E-state index >= 15 is 0 Å². The monoisotopic (exact) mass is 420 g/mol. The second kappa shape index (κ2) is 7.56. The fourth-order valence-corrected chi connectivity index (χ4v) is 3.48. The molecule has 0 spiro atoms. The molecule has 3 rings (SSSR count). The van der Waals surface area contributed by atoms with Crippen molar-refractivity contribution in [1.29, 1.82) is 0 Å². The average Bonchev–Trinajstić information content (AvgIpc) is 3.11. The standard InChI is InChI=1S/C17H17ClN6O3S/c1-10(16-21-9-22-24(16)15-4-3-13(19)8-20-15)23-17(25)11-5-12(18)7-14(6-11)28(2,26)27/h3-10H,19H2,1-2H3,(H,23,25)/t10-/m0/s1. The van der Waals surface area contributed by atoms with E-state index < -0.39 is 21.8 Å². The van der Waals surface area contributed by atoms with Crippen molar-refractivity contribution >= 4 is 33.0 Å². The van der Waals surface area contributed by atoms with Crippen LogP contribution in [0.2, 0.25) is 5.02 Å². The van der Waals surface area contributed by atoms with Gasteiger partial charge in [0, 0.05) is 16.8 Å². The maximum Gasteiger partial charge on any atom is 0.251 e. The van der Waals surface area contributed by atoms with Crippen molar-refractivity contribution < 1.29 is 13.2 Å². The van der Waals surface area contributed by atoms with Crippen molar-refractivity contribution in [2.45, 2.75) is 17.9 Å². The van der Waals surface area contributed by atoms with Gasteiger partial charge >= 0.3 is 0 Å². The molecule has 1 aromatic carbocycles. The Morgan fingerprint density at radius 1 is 1.25 bits per heavy atom. The predicted molar refractivity (Wildman–Crippen MR) is 104 cm³/mol. The smallest absolute Gasteiger partial charge is 0.251 e. The highest BCUT2D eigenvalue weighted by atomic mass is 35.5. The third-order valence-electron chi connectivity index (χ3n) is 3.86. The van der Waals surface area contributed by atoms with Gasteiger partial charge in [-0.1, -0.05) is 11.6 Å². The normalized spacial score (nSPS) is 12.5. The number of carbonyl (C=O) groups excluding carboxylic acids is 1. The minimum Gasteiger partial charge on any atom is -0.397 e. The first-order valence-electron chi connectivity index (χ1n) is 8.08. The van der Waals surface area contributed by atoms with Crippen LogP contribution in [0.3, 0.4) is 0 Å². The highest BCUT2D eigenvalue weighted by Crippen LogP contribution is 2.20. The fraction of sp³-hybridized carbons (Fsp3) is 0.176. The van der Waals surface area contributed by atoms with Crippen molar-refractivity contribution in [3.63, 3.8) is 0 Å². The van der Waals surface area contributed by atoms with Crippen LogP contribution in [0.25, 0.3) is 5.82 Å². The highest BCUT2D eigenvalue weighted by molar-refractivity contribution is 7.90. The van der Waals surface area contributed by atoms with Crippen LogP contribution >= 0.6 is 11.6 Å². The number of nitrogens with zero attached hydrogens (tertiary/aromatic N) is 4. The molecule has 0 saturated carbocycles. The summed E-state index contributed by atoms with van der Waals surface area (Å²) in [6.45, 7) is 1.72. The predicted octanol–water partition coefficient (Wildman–Crippen LogP) is 1.79. The topological polar surface area (TPSA) is 133 Å². The molecule has 3 N–H and O–H groups in total. The Labute approximate surface area is 166 Å². The van der Waals surface area contributed by atoms with Crippen molar-refractivity contribution in [2.75, 3.05) is 12.0 Å². The van der Waals surface area contributed by atoms with Crippen LogP contribution in [0.1, 0.15) is 29.1 Å². The van der Waals surface area contributed by atoms with Gasteiger partial charge in [-0.15, -0.1) is 0 Å². The van der Waals surface area contributed by atoms with Crippen molar-refractivity contribution in [1.82, 2.24) is 25.1 Å². The molecule has 1 amide bonds. The van der Waals surface area contributed by atoms with Crippen LogP contribution in [-0.4, -0.2) is 40.3 Å². The minimum absolute atomic E-state index is 0.0351. The van der Waals surface area contributed by atoms with E-state index in [4.69, 9.17) is 17.3 Å². The SMILES string of the molecule is C[C@H](NC(=O)c1cc(Cl)cc(S(C)(=O)=O)c1)c1ncnn1-c1ccc(N)cn1. The Morgan fingerprint density at radius 2 is 2.00 bits per heavy atom. The van der Waals surface area contributed by atoms with E-state index in [1.807, 2.05) is 0 Å². The molecule has 0 aliphatic heterocycles. The number of hydrogen-bond donors (Lipinski definition) is 2. The number of nitrogens with two attached hydrogens (primary N) is 1. The number of aromatic nitrogens is 4. The second-order valence-electron chi connectivity index (χ2n) is 6.12. The van der Waals surface area contributed by atoms with Gasteiger partial charge in [-0.2, -0.15) is 9.78 Å². The van der Waals surface area contributed by atoms with Gasteiger partial charge in [-0.05, 0) is 37.3 Å². The van der Waals surface area contributed by atoms with E-state index in [2.05, 4.69) is 20.4 Å². The molecule has 28 heavy (non-hydrogen) atoms. The number of nitrogens with one attached hydrogen (secondary N) is 1. The lowest BCUT2D eigenvalue weighted by Gasteiger charge is -2.15. The number of hydrogen-bond acceptors (Lipinski definition) is 7. The first-order valence-corrected chi connectivity index (χ1v) is 10.4. The number of anilines is 1. The van der Waals surface area contributed by atoms with Crippen molar-refractivity contribution in [3.05, 3.63) is 59.3 Å². The molecule has 3 aromatic rings. The number of carbonyl (C=O) groups is 1. The molecule has 9 nitrogen and oxygen atoms in total. The van der Waals surface area contributed by atoms with Gasteiger partial charge in [0.05, 0.1) is 22.8 Å². The molecule has 0 aliphatic carbocycles. The third kappa shape index (κ3) is 4.29. The van der Waals surface area contributed by atoms with Gasteiger partial charge in [-0.25, -0.2) is 18.4 Å². The molecule has 11 heteroatoms. The average molecular weight is 421 g/mol. The fourth-order valence-electron chi connectivity index (χ4n) is 2.50. The first kappa shape index (κ1) is 19.8. The number of rotatable bonds is 5. The number of amides is 1. The number of benzene rings is 1. The summed E-state index contributed by atoms with van der Waals surface area (Å²) >= 11 is 5.96. The van der Waals surface area contributed by atoms with Crippen LogP contribution in [0.5, 0.6) is 0 Å². The van der Waals surface area contributed by atoms with Gasteiger partial charge in [-0.3, -0.25) is 4.79 Å². The first-order chi connectivity index (χ1) is 13.1. The summed E-state index contributed by atoms with van der Waals surface area (Å²) in [7, 11) is -3.51. The van der Waals surface area contributed by atoms with Crippen LogP contribution in [0.15, 0.2) is 47.8 Å². The molecule has 0 saturated heterocycles. The van der Waals surface area contributed by atoms with Gasteiger partial charge in [0.15, 0.2) is 21.5 Å². The quantitative estimate of drug-likeness (QED) is 0.642. The number of pyridine rings is 1. The summed E-state index contributed by atoms with van der Waals surface area (Å²) in [5, 5.41) is 7.03. The Kier molecular flexibility index (Phi) is 5.34. The zero-order chi connectivity index (χ0) is 20.5. The van der Waals surface area contributed by atoms with E-state index in [0.717, 1.165) is 6.26 Å². The summed E-state index contributed by atoms with van der Waals surface area (Å²) in [6.07, 6.45) is 3.88. The van der Waals surface area contributed by atoms with Gasteiger partial charge < -0.3 is 11.1 Å². The lowest BCUT2D eigenvalue weighted by Crippen LogP contribution is -2.29. The molecular formula is C17H17ClN6O3S. The maximum atomic E-state index is 12.6. The molecule has 0 aliphatic rings. The molecule has 0 unspecified atom stereocenters. The second-order valence-corrected chi connectivity index (χ2v) is 8.57. The summed E-state index contributed by atoms with van der Waals surface area (Å²) < 4.78 is 25.0. The summed E-state index contributed by atoms with van der Waals surface area (Å²) in [5.74, 6) is 0.431. The van der Waals surface area contributed by atoms with E-state index in [-0.39, 0.29) is 15.5 Å². The van der Waals surface area contributed by atoms with E-state index in [0.29, 0.717) is 17.3 Å². The Hall–Kier alpha value is -2.98. The van der Waals surface area contributed by atoms with E-state index in [1.54, 1.807) is 19.1 Å². The highest BCUT2D eigenvalue weighted by Gasteiger charge is 2.20. The van der Waals surface area contributed by atoms with Crippen molar-refractivity contribution in [3.8, 4) is 5.82 Å². The van der Waals surface area contributed by atoms with E-state index in [1.165, 1.54) is 35.4 Å². The molecular weight excluding hydrogens is 404 g/mol. The number of halogens is 1. The molecule has 0 radical (unpaired) electrons. The largest absolute Gasteiger partial charge is 0.397 e. The maximum absolute atomic E-state index is 12.6. The van der Waals surface area contributed by atoms with Crippen LogP contribution in [0, 0.1) is 0 Å². The molecule has 0 bridgehead atoms.